The summed E-state index contributed by atoms with van der Waals surface area (Å²) in [7, 11) is 0. The van der Waals surface area contributed by atoms with Crippen molar-refractivity contribution >= 4 is 40.6 Å². The van der Waals surface area contributed by atoms with E-state index in [2.05, 4.69) is 20.9 Å². The highest BCUT2D eigenvalue weighted by atomic mass is 16.4. The van der Waals surface area contributed by atoms with Crippen LogP contribution in [0.3, 0.4) is 0 Å². The Labute approximate surface area is 214 Å². The molecule has 12 nitrogen and oxygen atoms in total. The van der Waals surface area contributed by atoms with Crippen molar-refractivity contribution in [2.24, 2.45) is 11.7 Å². The molecule has 0 radical (unpaired) electrons. The third-order valence-corrected chi connectivity index (χ3v) is 5.81. The molecule has 0 aliphatic rings. The van der Waals surface area contributed by atoms with Crippen LogP contribution in [0.2, 0.25) is 0 Å². The van der Waals surface area contributed by atoms with Gasteiger partial charge in [0.15, 0.2) is 0 Å². The van der Waals surface area contributed by atoms with Crippen LogP contribution in [-0.2, 0) is 30.4 Å². The fraction of sp³-hybridized carbons (Fsp3) is 0.480. The second-order valence-corrected chi connectivity index (χ2v) is 9.42. The molecule has 2 aromatic rings. The van der Waals surface area contributed by atoms with Crippen LogP contribution >= 0.6 is 0 Å². The molecule has 1 aromatic heterocycles. The normalized spacial score (nSPS) is 14.4. The molecule has 37 heavy (non-hydrogen) atoms. The maximum atomic E-state index is 13.2. The van der Waals surface area contributed by atoms with Crippen LogP contribution in [0.25, 0.3) is 10.9 Å². The van der Waals surface area contributed by atoms with Crippen molar-refractivity contribution in [1.29, 1.82) is 0 Å². The molecule has 0 aliphatic heterocycles. The molecule has 0 aliphatic carbocycles. The zero-order chi connectivity index (χ0) is 27.7. The summed E-state index contributed by atoms with van der Waals surface area (Å²) >= 11 is 0. The van der Waals surface area contributed by atoms with E-state index in [9.17, 15) is 29.1 Å². The van der Waals surface area contributed by atoms with Crippen LogP contribution in [0.15, 0.2) is 30.5 Å². The number of benzene rings is 1. The average molecular weight is 518 g/mol. The molecular weight excluding hydrogens is 482 g/mol. The van der Waals surface area contributed by atoms with Crippen molar-refractivity contribution in [3.8, 4) is 0 Å². The maximum Gasteiger partial charge on any atom is 0.326 e. The van der Waals surface area contributed by atoms with Gasteiger partial charge in [0.1, 0.15) is 18.1 Å². The van der Waals surface area contributed by atoms with Gasteiger partial charge < -0.3 is 36.9 Å². The Morgan fingerprint density at radius 1 is 0.919 bits per heavy atom. The first-order valence-corrected chi connectivity index (χ1v) is 12.0. The minimum absolute atomic E-state index is 0.0207. The summed E-state index contributed by atoms with van der Waals surface area (Å²) in [4.78, 5) is 63.8. The summed E-state index contributed by atoms with van der Waals surface area (Å²) in [5.74, 6) is -4.33. The summed E-state index contributed by atoms with van der Waals surface area (Å²) in [5.41, 5.74) is 7.38. The summed E-state index contributed by atoms with van der Waals surface area (Å²) in [6.45, 7) is 5.06. The van der Waals surface area contributed by atoms with Crippen LogP contribution in [0.5, 0.6) is 0 Å². The lowest BCUT2D eigenvalue weighted by molar-refractivity contribution is -0.142. The Balaban J connectivity index is 2.17. The lowest BCUT2D eigenvalue weighted by Gasteiger charge is -2.24. The van der Waals surface area contributed by atoms with Crippen molar-refractivity contribution in [1.82, 2.24) is 20.9 Å². The molecule has 202 valence electrons. The molecule has 0 bridgehead atoms. The van der Waals surface area contributed by atoms with E-state index in [-0.39, 0.29) is 31.6 Å². The number of rotatable bonds is 14. The zero-order valence-corrected chi connectivity index (χ0v) is 21.1. The molecule has 1 heterocycles. The largest absolute Gasteiger partial charge is 0.481 e. The number of hydrogen-bond donors (Lipinski definition) is 7. The number of carboxylic acids is 2. The Morgan fingerprint density at radius 2 is 1.57 bits per heavy atom. The van der Waals surface area contributed by atoms with E-state index < -0.39 is 53.8 Å². The smallest absolute Gasteiger partial charge is 0.326 e. The van der Waals surface area contributed by atoms with Crippen LogP contribution in [0, 0.1) is 5.92 Å². The number of H-pyrrole nitrogens is 1. The Morgan fingerprint density at radius 3 is 2.19 bits per heavy atom. The van der Waals surface area contributed by atoms with Gasteiger partial charge in [-0.25, -0.2) is 4.79 Å². The summed E-state index contributed by atoms with van der Waals surface area (Å²) in [6, 6.07) is 2.90. The first-order chi connectivity index (χ1) is 17.4. The third-order valence-electron chi connectivity index (χ3n) is 5.81. The van der Waals surface area contributed by atoms with Gasteiger partial charge in [0.25, 0.3) is 0 Å². The SMILES string of the molecule is CC(C)CC(NC(=O)C(C)NC(=O)C(Cc1c[nH]c2ccccc12)NC(=O)C(N)CCC(=O)O)C(=O)O. The standard InChI is InChI=1S/C25H35N5O7/c1-13(2)10-20(25(36)37)30-22(33)14(3)28-24(35)19(29-23(34)17(26)8-9-21(31)32)11-15-12-27-18-7-5-4-6-16(15)18/h4-7,12-14,17,19-20,27H,8-11,26H2,1-3H3,(H,28,35)(H,29,34)(H,30,33)(H,31,32)(H,36,37). The van der Waals surface area contributed by atoms with E-state index in [0.29, 0.717) is 0 Å². The van der Waals surface area contributed by atoms with Gasteiger partial charge in [0, 0.05) is 29.9 Å². The van der Waals surface area contributed by atoms with Gasteiger partial charge in [0.05, 0.1) is 6.04 Å². The number of carboxylic acid groups (broad SMARTS) is 2. The number of fused-ring (bicyclic) bond motifs is 1. The fourth-order valence-corrected chi connectivity index (χ4v) is 3.79. The monoisotopic (exact) mass is 517 g/mol. The van der Waals surface area contributed by atoms with Gasteiger partial charge in [-0.15, -0.1) is 0 Å². The summed E-state index contributed by atoms with van der Waals surface area (Å²) < 4.78 is 0. The predicted octanol–water partition coefficient (Wildman–Crippen LogP) is 0.508. The average Bonchev–Trinajstić information content (AvgIpc) is 3.23. The van der Waals surface area contributed by atoms with Crippen molar-refractivity contribution in [2.45, 2.75) is 70.6 Å². The Hall–Kier alpha value is -3.93. The van der Waals surface area contributed by atoms with Gasteiger partial charge in [-0.2, -0.15) is 0 Å². The van der Waals surface area contributed by atoms with E-state index in [4.69, 9.17) is 10.8 Å². The van der Waals surface area contributed by atoms with Gasteiger partial charge >= 0.3 is 11.9 Å². The molecule has 0 spiro atoms. The highest BCUT2D eigenvalue weighted by Gasteiger charge is 2.29. The predicted molar refractivity (Wildman–Crippen MR) is 135 cm³/mol. The first-order valence-electron chi connectivity index (χ1n) is 12.0. The highest BCUT2D eigenvalue weighted by Crippen LogP contribution is 2.19. The number of nitrogens with two attached hydrogens (primary N) is 1. The number of nitrogens with one attached hydrogen (secondary N) is 4. The van der Waals surface area contributed by atoms with Crippen molar-refractivity contribution in [3.63, 3.8) is 0 Å². The molecule has 4 atom stereocenters. The lowest BCUT2D eigenvalue weighted by atomic mass is 10.0. The van der Waals surface area contributed by atoms with Crippen molar-refractivity contribution < 1.29 is 34.2 Å². The molecule has 0 saturated heterocycles. The Kier molecular flexibility index (Phi) is 10.6. The third kappa shape index (κ3) is 8.90. The number of aromatic nitrogens is 1. The lowest BCUT2D eigenvalue weighted by Crippen LogP contribution is -2.57. The number of aromatic amines is 1. The van der Waals surface area contributed by atoms with Gasteiger partial charge in [-0.05, 0) is 37.3 Å². The van der Waals surface area contributed by atoms with Gasteiger partial charge in [-0.1, -0.05) is 32.0 Å². The van der Waals surface area contributed by atoms with E-state index in [1.165, 1.54) is 6.92 Å². The van der Waals surface area contributed by atoms with Crippen molar-refractivity contribution in [3.05, 3.63) is 36.0 Å². The van der Waals surface area contributed by atoms with Crippen LogP contribution in [-0.4, -0.2) is 69.0 Å². The molecule has 0 saturated carbocycles. The molecule has 3 amide bonds. The molecule has 8 N–H and O–H groups in total. The van der Waals surface area contributed by atoms with Crippen LogP contribution in [0.4, 0.5) is 0 Å². The maximum absolute atomic E-state index is 13.2. The number of hydrogen-bond acceptors (Lipinski definition) is 6. The number of para-hydroxylation sites is 1. The Bertz CT molecular complexity index is 1130. The quantitative estimate of drug-likeness (QED) is 0.188. The van der Waals surface area contributed by atoms with Crippen molar-refractivity contribution in [2.75, 3.05) is 0 Å². The summed E-state index contributed by atoms with van der Waals surface area (Å²) in [6.07, 6.45) is 1.56. The molecular formula is C25H35N5O7. The molecule has 0 fully saturated rings. The number of aliphatic carboxylic acids is 2. The second-order valence-electron chi connectivity index (χ2n) is 9.42. The first kappa shape index (κ1) is 29.3. The number of amides is 3. The van der Waals surface area contributed by atoms with E-state index >= 15 is 0 Å². The number of carbonyl (C=O) groups excluding carboxylic acids is 3. The highest BCUT2D eigenvalue weighted by molar-refractivity contribution is 5.94. The molecule has 2 rings (SSSR count). The molecule has 4 unspecified atom stereocenters. The zero-order valence-electron chi connectivity index (χ0n) is 21.1. The topological polar surface area (TPSA) is 204 Å². The van der Waals surface area contributed by atoms with Gasteiger partial charge in [0.2, 0.25) is 17.7 Å². The van der Waals surface area contributed by atoms with E-state index in [1.54, 1.807) is 6.20 Å². The van der Waals surface area contributed by atoms with Gasteiger partial charge in [-0.3, -0.25) is 19.2 Å². The van der Waals surface area contributed by atoms with E-state index in [1.807, 2.05) is 38.1 Å². The fourth-order valence-electron chi connectivity index (χ4n) is 3.79. The van der Waals surface area contributed by atoms with E-state index in [0.717, 1.165) is 16.5 Å². The van der Waals surface area contributed by atoms with Crippen LogP contribution in [0.1, 0.15) is 45.6 Å². The van der Waals surface area contributed by atoms with Crippen LogP contribution < -0.4 is 21.7 Å². The molecule has 12 heteroatoms. The second kappa shape index (κ2) is 13.4. The minimum Gasteiger partial charge on any atom is -0.481 e. The molecule has 1 aromatic carbocycles. The summed E-state index contributed by atoms with van der Waals surface area (Å²) in [5, 5.41) is 26.6. The number of carbonyl (C=O) groups is 5. The minimum atomic E-state index is -1.18.